The number of fused-ring (bicyclic) bond motifs is 1. The number of benzene rings is 1. The minimum Gasteiger partial charge on any atom is -0.476 e. The number of ether oxygens (including phenoxy) is 1. The Morgan fingerprint density at radius 3 is 2.42 bits per heavy atom. The van der Waals surface area contributed by atoms with Crippen LogP contribution in [0.15, 0.2) is 18.2 Å². The summed E-state index contributed by atoms with van der Waals surface area (Å²) in [6.45, 7) is 11.0. The molecule has 0 saturated heterocycles. The summed E-state index contributed by atoms with van der Waals surface area (Å²) < 4.78 is 5.84. The second-order valence-electron chi connectivity index (χ2n) is 6.86. The van der Waals surface area contributed by atoms with Crippen molar-refractivity contribution in [2.24, 2.45) is 0 Å². The molecule has 132 valence electrons. The summed E-state index contributed by atoms with van der Waals surface area (Å²) in [7, 11) is 0. The van der Waals surface area contributed by atoms with Crippen LogP contribution in [0.5, 0.6) is 5.75 Å². The van der Waals surface area contributed by atoms with E-state index in [1.807, 2.05) is 30.0 Å². The van der Waals surface area contributed by atoms with Crippen molar-refractivity contribution >= 4 is 17.5 Å². The standard InChI is InChI=1S/C19H28N2O3/c1-6-10-20(11-7-2)17(22)13-21-15-12-14(3)8-9-16(15)24-19(4,5)18(21)23/h8-9,12H,6-7,10-11,13H2,1-5H3. The molecule has 1 aliphatic rings. The second-order valence-corrected chi connectivity index (χ2v) is 6.86. The molecule has 0 unspecified atom stereocenters. The third kappa shape index (κ3) is 3.71. The van der Waals surface area contributed by atoms with Gasteiger partial charge in [0.05, 0.1) is 5.69 Å². The zero-order valence-electron chi connectivity index (χ0n) is 15.4. The normalized spacial score (nSPS) is 15.7. The first-order chi connectivity index (χ1) is 11.3. The van der Waals surface area contributed by atoms with Gasteiger partial charge in [0.1, 0.15) is 12.3 Å². The molecule has 0 fully saturated rings. The van der Waals surface area contributed by atoms with Crippen LogP contribution in [0.4, 0.5) is 5.69 Å². The highest BCUT2D eigenvalue weighted by Gasteiger charge is 2.41. The van der Waals surface area contributed by atoms with Crippen LogP contribution < -0.4 is 9.64 Å². The van der Waals surface area contributed by atoms with Crippen molar-refractivity contribution in [3.8, 4) is 5.75 Å². The number of hydrogen-bond donors (Lipinski definition) is 0. The monoisotopic (exact) mass is 332 g/mol. The van der Waals surface area contributed by atoms with Gasteiger partial charge in [-0.15, -0.1) is 0 Å². The number of amides is 2. The number of carbonyl (C=O) groups is 2. The topological polar surface area (TPSA) is 49.9 Å². The van der Waals surface area contributed by atoms with E-state index in [-0.39, 0.29) is 18.4 Å². The first-order valence-electron chi connectivity index (χ1n) is 8.69. The van der Waals surface area contributed by atoms with Crippen LogP contribution in [0.1, 0.15) is 46.1 Å². The first-order valence-corrected chi connectivity index (χ1v) is 8.69. The van der Waals surface area contributed by atoms with Crippen LogP contribution in [-0.2, 0) is 9.59 Å². The van der Waals surface area contributed by atoms with E-state index in [0.717, 1.165) is 31.5 Å². The van der Waals surface area contributed by atoms with Gasteiger partial charge in [0.15, 0.2) is 5.60 Å². The molecular formula is C19H28N2O3. The van der Waals surface area contributed by atoms with Gasteiger partial charge in [0.2, 0.25) is 5.91 Å². The van der Waals surface area contributed by atoms with Gasteiger partial charge < -0.3 is 9.64 Å². The Hall–Kier alpha value is -2.04. The van der Waals surface area contributed by atoms with E-state index < -0.39 is 5.60 Å². The molecule has 0 aliphatic carbocycles. The molecule has 0 bridgehead atoms. The highest BCUT2D eigenvalue weighted by molar-refractivity contribution is 6.05. The number of anilines is 1. The molecule has 5 nitrogen and oxygen atoms in total. The maximum absolute atomic E-state index is 12.8. The van der Waals surface area contributed by atoms with Crippen molar-refractivity contribution in [2.45, 2.75) is 53.1 Å². The van der Waals surface area contributed by atoms with Gasteiger partial charge in [0.25, 0.3) is 5.91 Å². The van der Waals surface area contributed by atoms with Crippen molar-refractivity contribution in [1.29, 1.82) is 0 Å². The highest BCUT2D eigenvalue weighted by Crippen LogP contribution is 2.38. The van der Waals surface area contributed by atoms with E-state index in [1.165, 1.54) is 0 Å². The molecule has 0 radical (unpaired) electrons. The van der Waals surface area contributed by atoms with Gasteiger partial charge in [-0.3, -0.25) is 14.5 Å². The molecule has 1 heterocycles. The van der Waals surface area contributed by atoms with E-state index in [1.54, 1.807) is 18.7 Å². The van der Waals surface area contributed by atoms with Gasteiger partial charge >= 0.3 is 0 Å². The van der Waals surface area contributed by atoms with E-state index in [2.05, 4.69) is 13.8 Å². The van der Waals surface area contributed by atoms with E-state index in [0.29, 0.717) is 11.4 Å². The molecule has 0 saturated carbocycles. The van der Waals surface area contributed by atoms with Crippen LogP contribution in [0.2, 0.25) is 0 Å². The smallest absolute Gasteiger partial charge is 0.271 e. The Labute approximate surface area is 144 Å². The minimum absolute atomic E-state index is 0.0165. The van der Waals surface area contributed by atoms with Crippen LogP contribution in [0.25, 0.3) is 0 Å². The van der Waals surface area contributed by atoms with Gasteiger partial charge in [-0.2, -0.15) is 0 Å². The third-order valence-corrected chi connectivity index (χ3v) is 4.16. The second kappa shape index (κ2) is 7.24. The molecule has 2 rings (SSSR count). The van der Waals surface area contributed by atoms with E-state index in [9.17, 15) is 9.59 Å². The predicted octanol–water partition coefficient (Wildman–Crippen LogP) is 3.15. The Bertz CT molecular complexity index is 619. The van der Waals surface area contributed by atoms with Gasteiger partial charge in [-0.05, 0) is 51.3 Å². The summed E-state index contributed by atoms with van der Waals surface area (Å²) in [5.74, 6) is 0.453. The van der Waals surface area contributed by atoms with Crippen LogP contribution in [0.3, 0.4) is 0 Å². The largest absolute Gasteiger partial charge is 0.476 e. The van der Waals surface area contributed by atoms with Crippen LogP contribution in [0, 0.1) is 6.92 Å². The fraction of sp³-hybridized carbons (Fsp3) is 0.579. The first kappa shape index (κ1) is 18.3. The zero-order chi connectivity index (χ0) is 17.9. The summed E-state index contributed by atoms with van der Waals surface area (Å²) in [6.07, 6.45) is 1.81. The van der Waals surface area contributed by atoms with Crippen molar-refractivity contribution < 1.29 is 14.3 Å². The molecule has 2 amide bonds. The fourth-order valence-electron chi connectivity index (χ4n) is 2.97. The SMILES string of the molecule is CCCN(CCC)C(=O)CN1C(=O)C(C)(C)Oc2ccc(C)cc21. The Morgan fingerprint density at radius 2 is 1.83 bits per heavy atom. The summed E-state index contributed by atoms with van der Waals surface area (Å²) in [5, 5.41) is 0. The van der Waals surface area contributed by atoms with Crippen molar-refractivity contribution in [2.75, 3.05) is 24.5 Å². The van der Waals surface area contributed by atoms with E-state index >= 15 is 0 Å². The summed E-state index contributed by atoms with van der Waals surface area (Å²) in [6, 6.07) is 5.72. The molecule has 0 N–H and O–H groups in total. The van der Waals surface area contributed by atoms with Gasteiger partial charge in [-0.25, -0.2) is 0 Å². The Balaban J connectivity index is 2.32. The number of hydrogen-bond acceptors (Lipinski definition) is 3. The molecule has 1 aliphatic heterocycles. The molecule has 0 aromatic heterocycles. The van der Waals surface area contributed by atoms with Crippen molar-refractivity contribution in [3.63, 3.8) is 0 Å². The van der Waals surface area contributed by atoms with Crippen LogP contribution in [-0.4, -0.2) is 41.9 Å². The van der Waals surface area contributed by atoms with Crippen LogP contribution >= 0.6 is 0 Å². The Kier molecular flexibility index (Phi) is 5.52. The summed E-state index contributed by atoms with van der Waals surface area (Å²) in [4.78, 5) is 29.0. The number of carbonyl (C=O) groups excluding carboxylic acids is 2. The maximum atomic E-state index is 12.8. The molecule has 0 atom stereocenters. The van der Waals surface area contributed by atoms with Gasteiger partial charge in [-0.1, -0.05) is 19.9 Å². The predicted molar refractivity (Wildman–Crippen MR) is 95.4 cm³/mol. The quantitative estimate of drug-likeness (QED) is 0.804. The molecule has 24 heavy (non-hydrogen) atoms. The third-order valence-electron chi connectivity index (χ3n) is 4.16. The fourth-order valence-corrected chi connectivity index (χ4v) is 2.97. The maximum Gasteiger partial charge on any atom is 0.271 e. The Morgan fingerprint density at radius 1 is 1.21 bits per heavy atom. The summed E-state index contributed by atoms with van der Waals surface area (Å²) in [5.41, 5.74) is 0.741. The van der Waals surface area contributed by atoms with E-state index in [4.69, 9.17) is 4.74 Å². The van der Waals surface area contributed by atoms with Gasteiger partial charge in [0, 0.05) is 13.1 Å². The molecular weight excluding hydrogens is 304 g/mol. The lowest BCUT2D eigenvalue weighted by Gasteiger charge is -2.39. The molecule has 1 aromatic carbocycles. The molecule has 1 aromatic rings. The number of nitrogens with zero attached hydrogens (tertiary/aromatic N) is 2. The van der Waals surface area contributed by atoms with Crippen molar-refractivity contribution in [1.82, 2.24) is 4.90 Å². The number of aryl methyl sites for hydroxylation is 1. The van der Waals surface area contributed by atoms with Crippen molar-refractivity contribution in [3.05, 3.63) is 23.8 Å². The zero-order valence-corrected chi connectivity index (χ0v) is 15.4. The average molecular weight is 332 g/mol. The minimum atomic E-state index is -0.969. The lowest BCUT2D eigenvalue weighted by atomic mass is 10.0. The number of rotatable bonds is 6. The summed E-state index contributed by atoms with van der Waals surface area (Å²) >= 11 is 0. The average Bonchev–Trinajstić information content (AvgIpc) is 2.52. The highest BCUT2D eigenvalue weighted by atomic mass is 16.5. The lowest BCUT2D eigenvalue weighted by molar-refractivity contribution is -0.136. The lowest BCUT2D eigenvalue weighted by Crippen LogP contribution is -2.55. The molecule has 0 spiro atoms. The molecule has 5 heteroatoms.